The zero-order valence-electron chi connectivity index (χ0n) is 16.4. The topological polar surface area (TPSA) is 68.3 Å². The third kappa shape index (κ3) is 3.36. The van der Waals surface area contributed by atoms with E-state index in [2.05, 4.69) is 15.2 Å². The number of nitrogens with zero attached hydrogens (tertiary/aromatic N) is 6. The molecular formula is C19H21F3N6O. The fourth-order valence-corrected chi connectivity index (χ4v) is 3.87. The maximum absolute atomic E-state index is 13.5. The maximum atomic E-state index is 13.5. The van der Waals surface area contributed by atoms with Gasteiger partial charge in [0, 0.05) is 31.5 Å². The van der Waals surface area contributed by atoms with Crippen LogP contribution in [0.25, 0.3) is 5.65 Å². The molecule has 1 fully saturated rings. The Kier molecular flexibility index (Phi) is 4.59. The van der Waals surface area contributed by atoms with E-state index in [1.54, 1.807) is 42.7 Å². The second-order valence-electron chi connectivity index (χ2n) is 7.28. The molecule has 0 bridgehead atoms. The Morgan fingerprint density at radius 3 is 2.66 bits per heavy atom. The summed E-state index contributed by atoms with van der Waals surface area (Å²) in [5.41, 5.74) is 1.16. The van der Waals surface area contributed by atoms with Gasteiger partial charge in [-0.15, -0.1) is 0 Å². The van der Waals surface area contributed by atoms with Gasteiger partial charge in [-0.3, -0.25) is 9.48 Å². The average molecular weight is 406 g/mol. The standard InChI is InChI=1S/C19H21F3N6O/c1-4-12-8-16(19(20,21)22)28-17(23-12)9-14(25-28)15-6-5-7-27(15)18(29)13-10-26(3)24-11(13)2/h8-10,15H,4-7H2,1-3H3. The highest BCUT2D eigenvalue weighted by Crippen LogP contribution is 2.35. The van der Waals surface area contributed by atoms with Crippen LogP contribution in [0.15, 0.2) is 18.3 Å². The number of alkyl halides is 3. The molecule has 0 spiro atoms. The number of aromatic nitrogens is 5. The lowest BCUT2D eigenvalue weighted by molar-refractivity contribution is -0.142. The largest absolute Gasteiger partial charge is 0.433 e. The summed E-state index contributed by atoms with van der Waals surface area (Å²) in [7, 11) is 1.74. The van der Waals surface area contributed by atoms with Crippen molar-refractivity contribution < 1.29 is 18.0 Å². The quantitative estimate of drug-likeness (QED) is 0.669. The van der Waals surface area contributed by atoms with Crippen molar-refractivity contribution in [1.29, 1.82) is 0 Å². The first kappa shape index (κ1) is 19.4. The van der Waals surface area contributed by atoms with Crippen molar-refractivity contribution in [3.63, 3.8) is 0 Å². The molecule has 4 rings (SSSR count). The summed E-state index contributed by atoms with van der Waals surface area (Å²) in [5, 5.41) is 8.42. The van der Waals surface area contributed by atoms with Crippen LogP contribution in [-0.2, 0) is 19.6 Å². The average Bonchev–Trinajstić information content (AvgIpc) is 3.36. The fraction of sp³-hybridized carbons (Fsp3) is 0.474. The van der Waals surface area contributed by atoms with Gasteiger partial charge in [0.1, 0.15) is 5.69 Å². The number of carbonyl (C=O) groups excluding carboxylic acids is 1. The van der Waals surface area contributed by atoms with Crippen LogP contribution in [0.2, 0.25) is 0 Å². The summed E-state index contributed by atoms with van der Waals surface area (Å²) in [6.45, 7) is 4.03. The van der Waals surface area contributed by atoms with E-state index in [1.165, 1.54) is 0 Å². The molecule has 1 unspecified atom stereocenters. The van der Waals surface area contributed by atoms with Gasteiger partial charge in [-0.05, 0) is 32.3 Å². The summed E-state index contributed by atoms with van der Waals surface area (Å²) in [6, 6.07) is 2.19. The van der Waals surface area contributed by atoms with Crippen LogP contribution >= 0.6 is 0 Å². The normalized spacial score (nSPS) is 17.4. The van der Waals surface area contributed by atoms with Gasteiger partial charge in [0.15, 0.2) is 5.65 Å². The van der Waals surface area contributed by atoms with Crippen molar-refractivity contribution in [3.05, 3.63) is 46.7 Å². The number of aryl methyl sites for hydroxylation is 3. The van der Waals surface area contributed by atoms with E-state index >= 15 is 0 Å². The maximum Gasteiger partial charge on any atom is 0.433 e. The number of amides is 1. The van der Waals surface area contributed by atoms with Crippen LogP contribution in [0.5, 0.6) is 0 Å². The second-order valence-corrected chi connectivity index (χ2v) is 7.28. The Morgan fingerprint density at radius 1 is 1.28 bits per heavy atom. The smallest absolute Gasteiger partial charge is 0.330 e. The molecule has 0 saturated carbocycles. The molecule has 1 aliphatic rings. The first-order chi connectivity index (χ1) is 13.7. The molecule has 0 N–H and O–H groups in total. The SMILES string of the molecule is CCc1cc(C(F)(F)F)n2nc(C3CCCN3C(=O)c3cn(C)nc3C)cc2n1. The van der Waals surface area contributed by atoms with E-state index in [1.807, 2.05) is 0 Å². The number of hydrogen-bond donors (Lipinski definition) is 0. The molecule has 10 heteroatoms. The molecule has 154 valence electrons. The summed E-state index contributed by atoms with van der Waals surface area (Å²) in [6.07, 6.45) is -1.12. The van der Waals surface area contributed by atoms with Crippen molar-refractivity contribution >= 4 is 11.6 Å². The molecule has 3 aromatic heterocycles. The van der Waals surface area contributed by atoms with E-state index in [9.17, 15) is 18.0 Å². The minimum Gasteiger partial charge on any atom is -0.330 e. The fourth-order valence-electron chi connectivity index (χ4n) is 3.87. The van der Waals surface area contributed by atoms with Crippen LogP contribution in [-0.4, -0.2) is 41.7 Å². The van der Waals surface area contributed by atoms with Crippen LogP contribution < -0.4 is 0 Å². The highest BCUT2D eigenvalue weighted by Gasteiger charge is 2.37. The van der Waals surface area contributed by atoms with Crippen molar-refractivity contribution in [2.45, 2.75) is 45.3 Å². The zero-order valence-corrected chi connectivity index (χ0v) is 16.4. The lowest BCUT2D eigenvalue weighted by Crippen LogP contribution is -2.31. The summed E-state index contributed by atoms with van der Waals surface area (Å²) >= 11 is 0. The molecule has 0 radical (unpaired) electrons. The van der Waals surface area contributed by atoms with E-state index in [0.29, 0.717) is 42.0 Å². The number of rotatable bonds is 3. The number of hydrogen-bond acceptors (Lipinski definition) is 4. The predicted octanol–water partition coefficient (Wildman–Crippen LogP) is 3.33. The number of halogens is 3. The summed E-state index contributed by atoms with van der Waals surface area (Å²) in [4.78, 5) is 19.0. The predicted molar refractivity (Wildman–Crippen MR) is 98.3 cm³/mol. The van der Waals surface area contributed by atoms with Gasteiger partial charge in [0.05, 0.1) is 23.0 Å². The monoisotopic (exact) mass is 406 g/mol. The van der Waals surface area contributed by atoms with E-state index in [0.717, 1.165) is 17.0 Å². The highest BCUT2D eigenvalue weighted by atomic mass is 19.4. The summed E-state index contributed by atoms with van der Waals surface area (Å²) in [5.74, 6) is -0.187. The van der Waals surface area contributed by atoms with Gasteiger partial charge in [0.2, 0.25) is 0 Å². The Morgan fingerprint density at radius 2 is 2.03 bits per heavy atom. The minimum absolute atomic E-state index is 0.142. The molecule has 0 aliphatic carbocycles. The van der Waals surface area contributed by atoms with E-state index in [4.69, 9.17) is 0 Å². The number of carbonyl (C=O) groups is 1. The van der Waals surface area contributed by atoms with Gasteiger partial charge in [0.25, 0.3) is 5.91 Å². The molecule has 1 atom stereocenters. The first-order valence-electron chi connectivity index (χ1n) is 9.47. The van der Waals surface area contributed by atoms with Crippen LogP contribution in [0.3, 0.4) is 0 Å². The lowest BCUT2D eigenvalue weighted by Gasteiger charge is -2.23. The Balaban J connectivity index is 1.75. The Labute approximate surface area is 165 Å². The van der Waals surface area contributed by atoms with E-state index in [-0.39, 0.29) is 11.6 Å². The second kappa shape index (κ2) is 6.85. The first-order valence-corrected chi connectivity index (χ1v) is 9.47. The molecule has 7 nitrogen and oxygen atoms in total. The van der Waals surface area contributed by atoms with Crippen molar-refractivity contribution in [1.82, 2.24) is 29.3 Å². The van der Waals surface area contributed by atoms with Gasteiger partial charge in [-0.1, -0.05) is 6.92 Å². The molecule has 4 heterocycles. The molecule has 0 aromatic carbocycles. The van der Waals surface area contributed by atoms with Gasteiger partial charge >= 0.3 is 6.18 Å². The molecule has 3 aromatic rings. The van der Waals surface area contributed by atoms with Crippen LogP contribution in [0.4, 0.5) is 13.2 Å². The highest BCUT2D eigenvalue weighted by molar-refractivity contribution is 5.95. The van der Waals surface area contributed by atoms with Crippen LogP contribution in [0, 0.1) is 6.92 Å². The third-order valence-electron chi connectivity index (χ3n) is 5.25. The van der Waals surface area contributed by atoms with Gasteiger partial charge < -0.3 is 4.90 Å². The van der Waals surface area contributed by atoms with Crippen molar-refractivity contribution in [2.24, 2.45) is 7.05 Å². The Hall–Kier alpha value is -2.91. The third-order valence-corrected chi connectivity index (χ3v) is 5.25. The summed E-state index contributed by atoms with van der Waals surface area (Å²) < 4.78 is 43.0. The van der Waals surface area contributed by atoms with Crippen LogP contribution in [0.1, 0.15) is 58.9 Å². The van der Waals surface area contributed by atoms with Gasteiger partial charge in [-0.25, -0.2) is 9.50 Å². The number of fused-ring (bicyclic) bond motifs is 1. The molecule has 1 saturated heterocycles. The molecule has 1 amide bonds. The Bertz CT molecular complexity index is 1080. The molecule has 1 aliphatic heterocycles. The number of likely N-dealkylation sites (tertiary alicyclic amines) is 1. The van der Waals surface area contributed by atoms with Crippen molar-refractivity contribution in [2.75, 3.05) is 6.54 Å². The zero-order chi connectivity index (χ0) is 20.9. The van der Waals surface area contributed by atoms with Gasteiger partial charge in [-0.2, -0.15) is 23.4 Å². The van der Waals surface area contributed by atoms with Crippen molar-refractivity contribution in [3.8, 4) is 0 Å². The van der Waals surface area contributed by atoms with E-state index < -0.39 is 17.9 Å². The molecule has 29 heavy (non-hydrogen) atoms. The molecular weight excluding hydrogens is 385 g/mol. The minimum atomic E-state index is -4.55. The lowest BCUT2D eigenvalue weighted by atomic mass is 10.1.